The van der Waals surface area contributed by atoms with Crippen molar-refractivity contribution < 1.29 is 9.18 Å². The fraction of sp³-hybridized carbons (Fsp3) is 0.400. The number of fused-ring (bicyclic) bond motifs is 1. The number of amides is 2. The predicted molar refractivity (Wildman–Crippen MR) is 79.9 cm³/mol. The Labute approximate surface area is 128 Å². The fourth-order valence-electron chi connectivity index (χ4n) is 2.74. The number of aromatic nitrogens is 3. The zero-order valence-corrected chi connectivity index (χ0v) is 12.4. The molecule has 1 N–H and O–H groups in total. The molecule has 3 rings (SSSR count). The van der Waals surface area contributed by atoms with Gasteiger partial charge in [0.05, 0.1) is 11.9 Å². The van der Waals surface area contributed by atoms with E-state index in [1.807, 2.05) is 6.20 Å². The number of anilines is 1. The zero-order valence-electron chi connectivity index (χ0n) is 12.4. The Bertz CT molecular complexity index is 671. The molecule has 1 aliphatic heterocycles. The highest BCUT2D eigenvalue weighted by molar-refractivity contribution is 5.89. The number of carbonyl (C=O) groups excluding carboxylic acids is 1. The molecule has 0 saturated heterocycles. The van der Waals surface area contributed by atoms with E-state index in [-0.39, 0.29) is 11.7 Å². The van der Waals surface area contributed by atoms with Crippen LogP contribution >= 0.6 is 0 Å². The third-order valence-corrected chi connectivity index (χ3v) is 3.93. The van der Waals surface area contributed by atoms with Crippen molar-refractivity contribution in [1.29, 1.82) is 0 Å². The molecular formula is C15H18FN5O. The first-order valence-electron chi connectivity index (χ1n) is 7.25. The minimum atomic E-state index is -0.537. The molecule has 0 aromatic carbocycles. The summed E-state index contributed by atoms with van der Waals surface area (Å²) in [5.41, 5.74) is 0.146. The van der Waals surface area contributed by atoms with E-state index >= 15 is 0 Å². The normalized spacial score (nSPS) is 16.9. The summed E-state index contributed by atoms with van der Waals surface area (Å²) in [5, 5.41) is 2.57. The van der Waals surface area contributed by atoms with Gasteiger partial charge in [0.1, 0.15) is 5.82 Å². The summed E-state index contributed by atoms with van der Waals surface area (Å²) in [7, 11) is 1.72. The molecule has 0 bridgehead atoms. The van der Waals surface area contributed by atoms with Crippen LogP contribution in [0.4, 0.5) is 14.9 Å². The standard InChI is InChI=1S/C15H18FN5O/c1-20(15(22)19-13-4-5-17-8-12(13)16)9-11-2-3-14-18-6-7-21(14)10-11/h4-8,11H,2-3,9-10H2,1H3,(H,17,19,22). The van der Waals surface area contributed by atoms with Gasteiger partial charge in [-0.3, -0.25) is 4.98 Å². The van der Waals surface area contributed by atoms with E-state index in [1.54, 1.807) is 18.1 Å². The lowest BCUT2D eigenvalue weighted by atomic mass is 9.99. The van der Waals surface area contributed by atoms with Gasteiger partial charge in [0.25, 0.3) is 0 Å². The molecule has 2 amide bonds. The quantitative estimate of drug-likeness (QED) is 0.945. The average Bonchev–Trinajstić information content (AvgIpc) is 2.97. The van der Waals surface area contributed by atoms with Crippen LogP contribution in [0.5, 0.6) is 0 Å². The number of carbonyl (C=O) groups is 1. The predicted octanol–water partition coefficient (Wildman–Crippen LogP) is 2.14. The number of nitrogens with one attached hydrogen (secondary N) is 1. The van der Waals surface area contributed by atoms with Crippen LogP contribution in [0.2, 0.25) is 0 Å². The molecule has 3 heterocycles. The second-order valence-corrected chi connectivity index (χ2v) is 5.57. The molecule has 0 saturated carbocycles. The summed E-state index contributed by atoms with van der Waals surface area (Å²) in [4.78, 5) is 21.7. The topological polar surface area (TPSA) is 63.1 Å². The number of urea groups is 1. The summed E-state index contributed by atoms with van der Waals surface area (Å²) >= 11 is 0. The van der Waals surface area contributed by atoms with Gasteiger partial charge in [-0.25, -0.2) is 14.2 Å². The smallest absolute Gasteiger partial charge is 0.321 e. The highest BCUT2D eigenvalue weighted by Crippen LogP contribution is 2.20. The Morgan fingerprint density at radius 1 is 1.55 bits per heavy atom. The zero-order chi connectivity index (χ0) is 15.5. The van der Waals surface area contributed by atoms with Gasteiger partial charge in [0, 0.05) is 45.1 Å². The molecule has 2 aromatic heterocycles. The van der Waals surface area contributed by atoms with Crippen molar-refractivity contribution in [3.8, 4) is 0 Å². The lowest BCUT2D eigenvalue weighted by molar-refractivity contribution is 0.205. The Balaban J connectivity index is 1.57. The Morgan fingerprint density at radius 3 is 3.23 bits per heavy atom. The number of rotatable bonds is 3. The van der Waals surface area contributed by atoms with E-state index in [2.05, 4.69) is 19.9 Å². The van der Waals surface area contributed by atoms with Crippen LogP contribution < -0.4 is 5.32 Å². The number of halogens is 1. The van der Waals surface area contributed by atoms with Crippen LogP contribution in [-0.4, -0.2) is 39.1 Å². The number of aryl methyl sites for hydroxylation is 1. The molecule has 1 unspecified atom stereocenters. The van der Waals surface area contributed by atoms with E-state index in [9.17, 15) is 9.18 Å². The third-order valence-electron chi connectivity index (χ3n) is 3.93. The van der Waals surface area contributed by atoms with Crippen LogP contribution in [0.25, 0.3) is 0 Å². The van der Waals surface area contributed by atoms with E-state index in [0.717, 1.165) is 31.4 Å². The van der Waals surface area contributed by atoms with Crippen LogP contribution in [0.1, 0.15) is 12.2 Å². The average molecular weight is 303 g/mol. The van der Waals surface area contributed by atoms with Gasteiger partial charge in [-0.15, -0.1) is 0 Å². The number of hydrogen-bond donors (Lipinski definition) is 1. The Hall–Kier alpha value is -2.44. The summed E-state index contributed by atoms with van der Waals surface area (Å²) in [5.74, 6) is 0.937. The molecule has 1 atom stereocenters. The fourth-order valence-corrected chi connectivity index (χ4v) is 2.74. The summed E-state index contributed by atoms with van der Waals surface area (Å²) < 4.78 is 15.6. The van der Waals surface area contributed by atoms with E-state index in [0.29, 0.717) is 12.5 Å². The van der Waals surface area contributed by atoms with Gasteiger partial charge in [0.2, 0.25) is 0 Å². The monoisotopic (exact) mass is 303 g/mol. The maximum Gasteiger partial charge on any atom is 0.321 e. The first-order chi connectivity index (χ1) is 10.6. The SMILES string of the molecule is CN(CC1CCc2nccn2C1)C(=O)Nc1ccncc1F. The van der Waals surface area contributed by atoms with Crippen LogP contribution in [0, 0.1) is 11.7 Å². The van der Waals surface area contributed by atoms with Crippen molar-refractivity contribution in [3.05, 3.63) is 42.5 Å². The van der Waals surface area contributed by atoms with Crippen LogP contribution in [-0.2, 0) is 13.0 Å². The van der Waals surface area contributed by atoms with Gasteiger partial charge in [-0.05, 0) is 18.4 Å². The first kappa shape index (κ1) is 14.5. The summed E-state index contributed by atoms with van der Waals surface area (Å²) in [6.45, 7) is 1.48. The Kier molecular flexibility index (Phi) is 4.04. The lowest BCUT2D eigenvalue weighted by Crippen LogP contribution is -2.38. The van der Waals surface area contributed by atoms with Crippen LogP contribution in [0.3, 0.4) is 0 Å². The van der Waals surface area contributed by atoms with Crippen LogP contribution in [0.15, 0.2) is 30.9 Å². The lowest BCUT2D eigenvalue weighted by Gasteiger charge is -2.28. The molecule has 0 spiro atoms. The molecule has 0 fully saturated rings. The molecule has 0 radical (unpaired) electrons. The van der Waals surface area contributed by atoms with E-state index in [4.69, 9.17) is 0 Å². The van der Waals surface area contributed by atoms with Crippen molar-refractivity contribution in [1.82, 2.24) is 19.4 Å². The highest BCUT2D eigenvalue weighted by atomic mass is 19.1. The largest absolute Gasteiger partial charge is 0.335 e. The van der Waals surface area contributed by atoms with Gasteiger partial charge >= 0.3 is 6.03 Å². The Morgan fingerprint density at radius 2 is 2.41 bits per heavy atom. The number of hydrogen-bond acceptors (Lipinski definition) is 3. The molecule has 116 valence electrons. The van der Waals surface area contributed by atoms with Crippen molar-refractivity contribution >= 4 is 11.7 Å². The van der Waals surface area contributed by atoms with E-state index in [1.165, 1.54) is 12.3 Å². The maximum absolute atomic E-state index is 13.5. The summed E-state index contributed by atoms with van der Waals surface area (Å²) in [6.07, 6.45) is 8.22. The molecule has 22 heavy (non-hydrogen) atoms. The van der Waals surface area contributed by atoms with Gasteiger partial charge < -0.3 is 14.8 Å². The second-order valence-electron chi connectivity index (χ2n) is 5.57. The number of imidazole rings is 1. The first-order valence-corrected chi connectivity index (χ1v) is 7.25. The van der Waals surface area contributed by atoms with Gasteiger partial charge in [-0.2, -0.15) is 0 Å². The highest BCUT2D eigenvalue weighted by Gasteiger charge is 2.22. The third kappa shape index (κ3) is 3.08. The number of nitrogens with zero attached hydrogens (tertiary/aromatic N) is 4. The molecule has 1 aliphatic rings. The van der Waals surface area contributed by atoms with Crippen molar-refractivity contribution in [2.75, 3.05) is 18.9 Å². The van der Waals surface area contributed by atoms with Crippen molar-refractivity contribution in [3.63, 3.8) is 0 Å². The summed E-state index contributed by atoms with van der Waals surface area (Å²) in [6, 6.07) is 1.13. The maximum atomic E-state index is 13.5. The van der Waals surface area contributed by atoms with E-state index < -0.39 is 5.82 Å². The minimum Gasteiger partial charge on any atom is -0.335 e. The van der Waals surface area contributed by atoms with Gasteiger partial charge in [-0.1, -0.05) is 0 Å². The van der Waals surface area contributed by atoms with Crippen molar-refractivity contribution in [2.24, 2.45) is 5.92 Å². The second kappa shape index (κ2) is 6.13. The molecule has 7 heteroatoms. The minimum absolute atomic E-state index is 0.146. The molecule has 0 aliphatic carbocycles. The molecular weight excluding hydrogens is 285 g/mol. The number of pyridine rings is 1. The van der Waals surface area contributed by atoms with Gasteiger partial charge in [0.15, 0.2) is 5.82 Å². The molecule has 2 aromatic rings. The molecule has 6 nitrogen and oxygen atoms in total. The van der Waals surface area contributed by atoms with Crippen molar-refractivity contribution in [2.45, 2.75) is 19.4 Å².